The summed E-state index contributed by atoms with van der Waals surface area (Å²) in [5.41, 5.74) is 6.63. The van der Waals surface area contributed by atoms with E-state index in [1.807, 2.05) is 24.3 Å². The van der Waals surface area contributed by atoms with Crippen LogP contribution in [0, 0.1) is 5.92 Å². The zero-order valence-electron chi connectivity index (χ0n) is 26.6. The molecule has 4 aromatic rings. The molecule has 3 aliphatic rings. The lowest BCUT2D eigenvalue weighted by atomic mass is 9.51. The van der Waals surface area contributed by atoms with Crippen molar-refractivity contribution in [3.8, 4) is 5.75 Å². The molecule has 5 heteroatoms. The zero-order valence-corrected chi connectivity index (χ0v) is 26.6. The summed E-state index contributed by atoms with van der Waals surface area (Å²) >= 11 is 0. The van der Waals surface area contributed by atoms with E-state index in [1.165, 1.54) is 22.4 Å². The number of aryl methyl sites for hydroxylation is 2. The zero-order chi connectivity index (χ0) is 30.9. The molecule has 0 radical (unpaired) electrons. The van der Waals surface area contributed by atoms with Crippen LogP contribution in [-0.4, -0.2) is 38.7 Å². The average molecular weight is 604 g/mol. The summed E-state index contributed by atoms with van der Waals surface area (Å²) in [6, 6.07) is 34.2. The highest BCUT2D eigenvalue weighted by molar-refractivity contribution is 5.57. The topological polar surface area (TPSA) is 51.2 Å². The van der Waals surface area contributed by atoms with E-state index < -0.39 is 11.0 Å². The highest BCUT2D eigenvalue weighted by Crippen LogP contribution is 2.58. The number of benzene rings is 4. The molecule has 1 heterocycles. The molecule has 45 heavy (non-hydrogen) atoms. The largest absolute Gasteiger partial charge is 0.489 e. The molecule has 1 fully saturated rings. The molecule has 2 atom stereocenters. The first kappa shape index (κ1) is 30.0. The summed E-state index contributed by atoms with van der Waals surface area (Å²) in [5.74, 6) is 1.26. The molecule has 0 amide bonds. The normalized spacial score (nSPS) is 23.2. The molecule has 1 N–H and O–H groups in total. The van der Waals surface area contributed by atoms with Gasteiger partial charge in [0, 0.05) is 44.3 Å². The van der Waals surface area contributed by atoms with Crippen molar-refractivity contribution in [1.82, 2.24) is 0 Å². The molecule has 0 saturated carbocycles. The molecular formula is C40H45NO4. The van der Waals surface area contributed by atoms with Gasteiger partial charge in [-0.15, -0.1) is 0 Å². The van der Waals surface area contributed by atoms with Crippen molar-refractivity contribution >= 4 is 5.69 Å². The molecule has 7 rings (SSSR count). The van der Waals surface area contributed by atoms with Gasteiger partial charge in [0.1, 0.15) is 18.0 Å². The first-order chi connectivity index (χ1) is 22.1. The third-order valence-corrected chi connectivity index (χ3v) is 10.9. The van der Waals surface area contributed by atoms with Gasteiger partial charge in [-0.25, -0.2) is 0 Å². The number of nitrogens with zero attached hydrogens (tertiary/aromatic N) is 1. The summed E-state index contributed by atoms with van der Waals surface area (Å²) in [6.07, 6.45) is 6.81. The van der Waals surface area contributed by atoms with Crippen LogP contribution in [0.15, 0.2) is 97.1 Å². The predicted molar refractivity (Wildman–Crippen MR) is 179 cm³/mol. The number of methoxy groups -OCH3 is 2. The fraction of sp³-hybridized carbons (Fsp3) is 0.400. The number of fused-ring (bicyclic) bond motifs is 3. The summed E-state index contributed by atoms with van der Waals surface area (Å²) in [5, 5.41) is 13.4. The van der Waals surface area contributed by atoms with E-state index >= 15 is 0 Å². The lowest BCUT2D eigenvalue weighted by Gasteiger charge is -2.54. The predicted octanol–water partition coefficient (Wildman–Crippen LogP) is 7.56. The second-order valence-electron chi connectivity index (χ2n) is 13.1. The van der Waals surface area contributed by atoms with Crippen LogP contribution in [-0.2, 0) is 39.9 Å². The Balaban J connectivity index is 1.23. The minimum absolute atomic E-state index is 0.144. The Bertz CT molecular complexity index is 1590. The first-order valence-electron chi connectivity index (χ1n) is 16.6. The Kier molecular flexibility index (Phi) is 8.43. The Morgan fingerprint density at radius 1 is 0.778 bits per heavy atom. The van der Waals surface area contributed by atoms with Crippen molar-refractivity contribution in [3.63, 3.8) is 0 Å². The molecule has 5 nitrogen and oxygen atoms in total. The Hall–Kier alpha value is -3.64. The molecule has 234 valence electrons. The maximum atomic E-state index is 13.4. The van der Waals surface area contributed by atoms with Gasteiger partial charge in [0.05, 0.1) is 0 Å². The maximum absolute atomic E-state index is 13.4. The maximum Gasteiger partial charge on any atom is 0.159 e. The second kappa shape index (κ2) is 12.6. The van der Waals surface area contributed by atoms with Crippen LogP contribution < -0.4 is 9.64 Å². The van der Waals surface area contributed by atoms with Crippen LogP contribution in [0.5, 0.6) is 5.75 Å². The average Bonchev–Trinajstić information content (AvgIpc) is 3.10. The van der Waals surface area contributed by atoms with Gasteiger partial charge >= 0.3 is 0 Å². The molecule has 2 aliphatic carbocycles. The third kappa shape index (κ3) is 5.35. The number of hydrogen-bond acceptors (Lipinski definition) is 5. The van der Waals surface area contributed by atoms with Crippen LogP contribution in [0.2, 0.25) is 0 Å². The van der Waals surface area contributed by atoms with E-state index in [4.69, 9.17) is 14.2 Å². The van der Waals surface area contributed by atoms with Crippen molar-refractivity contribution in [1.29, 1.82) is 0 Å². The number of hydrogen-bond donors (Lipinski definition) is 1. The Morgan fingerprint density at radius 3 is 2.27 bits per heavy atom. The Morgan fingerprint density at radius 2 is 1.51 bits per heavy atom. The quantitative estimate of drug-likeness (QED) is 0.211. The summed E-state index contributed by atoms with van der Waals surface area (Å²) in [6.45, 7) is 2.45. The van der Waals surface area contributed by atoms with Crippen molar-refractivity contribution in [2.24, 2.45) is 5.92 Å². The molecule has 2 unspecified atom stereocenters. The number of piperidine rings is 1. The van der Waals surface area contributed by atoms with Crippen LogP contribution in [0.4, 0.5) is 5.69 Å². The van der Waals surface area contributed by atoms with E-state index in [0.717, 1.165) is 80.5 Å². The van der Waals surface area contributed by atoms with E-state index in [9.17, 15) is 5.11 Å². The van der Waals surface area contributed by atoms with Crippen molar-refractivity contribution in [2.45, 2.75) is 68.9 Å². The summed E-state index contributed by atoms with van der Waals surface area (Å²) in [7, 11) is 3.45. The minimum atomic E-state index is -1.16. The lowest BCUT2D eigenvalue weighted by Crippen LogP contribution is -2.54. The van der Waals surface area contributed by atoms with Gasteiger partial charge in [0.25, 0.3) is 0 Å². The van der Waals surface area contributed by atoms with Crippen molar-refractivity contribution in [3.05, 3.63) is 130 Å². The van der Waals surface area contributed by atoms with Crippen LogP contribution in [0.25, 0.3) is 0 Å². The van der Waals surface area contributed by atoms with E-state index in [0.29, 0.717) is 12.5 Å². The standard InChI is InChI=1S/C40H45NO4/c1-43-38(44-2)31-21-25-41(26-22-31)34-16-14-33(15-17-34)40(42)37-19-18-35(45-28-29-9-4-3-5-10-29)27-32(37)20-24-39(40)23-8-12-30-11-6-7-13-36(30)39/h3-7,9-11,13-19,27,31,38,42H,8,12,20-26,28H2,1-2H3. The van der Waals surface area contributed by atoms with Crippen LogP contribution >= 0.6 is 0 Å². The van der Waals surface area contributed by atoms with E-state index in [1.54, 1.807) is 14.2 Å². The van der Waals surface area contributed by atoms with Gasteiger partial charge in [0.2, 0.25) is 0 Å². The highest BCUT2D eigenvalue weighted by atomic mass is 16.7. The first-order valence-corrected chi connectivity index (χ1v) is 16.6. The molecule has 0 aromatic heterocycles. The molecule has 1 aliphatic heterocycles. The van der Waals surface area contributed by atoms with Crippen molar-refractivity contribution < 1.29 is 19.3 Å². The van der Waals surface area contributed by atoms with Gasteiger partial charge in [0.15, 0.2) is 6.29 Å². The van der Waals surface area contributed by atoms with Crippen LogP contribution in [0.3, 0.4) is 0 Å². The highest BCUT2D eigenvalue weighted by Gasteiger charge is 2.57. The smallest absolute Gasteiger partial charge is 0.159 e. The summed E-state index contributed by atoms with van der Waals surface area (Å²) < 4.78 is 17.3. The van der Waals surface area contributed by atoms with Gasteiger partial charge in [-0.2, -0.15) is 0 Å². The monoisotopic (exact) mass is 603 g/mol. The molecule has 1 saturated heterocycles. The molecule has 0 bridgehead atoms. The van der Waals surface area contributed by atoms with Crippen molar-refractivity contribution in [2.75, 3.05) is 32.2 Å². The Labute approximate surface area is 267 Å². The lowest BCUT2D eigenvalue weighted by molar-refractivity contribution is -0.141. The van der Waals surface area contributed by atoms with Gasteiger partial charge in [-0.05, 0) is 103 Å². The molecule has 4 aromatic carbocycles. The van der Waals surface area contributed by atoms with Gasteiger partial charge in [-0.1, -0.05) is 72.8 Å². The minimum Gasteiger partial charge on any atom is -0.489 e. The molecular weight excluding hydrogens is 558 g/mol. The second-order valence-corrected chi connectivity index (χ2v) is 13.1. The van der Waals surface area contributed by atoms with Gasteiger partial charge in [-0.3, -0.25) is 0 Å². The number of rotatable bonds is 8. The summed E-state index contributed by atoms with van der Waals surface area (Å²) in [4.78, 5) is 2.45. The van der Waals surface area contributed by atoms with E-state index in [-0.39, 0.29) is 6.29 Å². The fourth-order valence-corrected chi connectivity index (χ4v) is 8.56. The SMILES string of the molecule is COC(OC)C1CCN(c2ccc(C3(O)c4ccc(OCc5ccccc5)cc4CCC34CCCc3ccccc34)cc2)CC1. The van der Waals surface area contributed by atoms with E-state index in [2.05, 4.69) is 77.7 Å². The molecule has 1 spiro atoms. The third-order valence-electron chi connectivity index (χ3n) is 10.9. The van der Waals surface area contributed by atoms with Gasteiger partial charge < -0.3 is 24.2 Å². The number of ether oxygens (including phenoxy) is 3. The number of anilines is 1. The van der Waals surface area contributed by atoms with Crippen LogP contribution in [0.1, 0.15) is 65.5 Å². The number of aliphatic hydroxyl groups is 1. The fourth-order valence-electron chi connectivity index (χ4n) is 8.56.